The van der Waals surface area contributed by atoms with Crippen molar-refractivity contribution in [2.75, 3.05) is 20.3 Å². The van der Waals surface area contributed by atoms with Crippen LogP contribution in [0.5, 0.6) is 11.5 Å². The molecule has 0 unspecified atom stereocenters. The van der Waals surface area contributed by atoms with Crippen LogP contribution in [0, 0.1) is 0 Å². The quantitative estimate of drug-likeness (QED) is 0.639. The molecule has 0 bridgehead atoms. The molecule has 2 rings (SSSR count). The first-order valence-corrected chi connectivity index (χ1v) is 9.95. The highest BCUT2D eigenvalue weighted by atomic mass is 35.5. The summed E-state index contributed by atoms with van der Waals surface area (Å²) in [5.41, 5.74) is 0.889. The summed E-state index contributed by atoms with van der Waals surface area (Å²) in [5, 5.41) is 3.23. The maximum Gasteiger partial charge on any atom is 0.261 e. The maximum absolute atomic E-state index is 13.0. The number of likely N-dealkylation sites (N-methyl/N-ethyl adjacent to an activating group) is 1. The molecule has 156 valence electrons. The molecule has 0 radical (unpaired) electrons. The first kappa shape index (κ1) is 22.6. The van der Waals surface area contributed by atoms with Crippen LogP contribution in [0.15, 0.2) is 48.5 Å². The van der Waals surface area contributed by atoms with Gasteiger partial charge in [-0.15, -0.1) is 0 Å². The fourth-order valence-electron chi connectivity index (χ4n) is 2.92. The Kier molecular flexibility index (Phi) is 8.80. The molecule has 7 heteroatoms. The summed E-state index contributed by atoms with van der Waals surface area (Å²) in [6.07, 6.45) is 0.486. The van der Waals surface area contributed by atoms with Crippen LogP contribution in [0.4, 0.5) is 0 Å². The zero-order chi connectivity index (χ0) is 21.2. The number of hydrogen-bond donors (Lipinski definition) is 1. The van der Waals surface area contributed by atoms with Crippen LogP contribution in [0.2, 0.25) is 5.02 Å². The minimum Gasteiger partial charge on any atom is -0.497 e. The summed E-state index contributed by atoms with van der Waals surface area (Å²) in [4.78, 5) is 27.1. The topological polar surface area (TPSA) is 67.9 Å². The van der Waals surface area contributed by atoms with Gasteiger partial charge in [0.25, 0.3) is 5.91 Å². The van der Waals surface area contributed by atoms with Gasteiger partial charge in [-0.3, -0.25) is 9.59 Å². The number of para-hydroxylation sites is 1. The van der Waals surface area contributed by atoms with E-state index in [1.54, 1.807) is 36.3 Å². The van der Waals surface area contributed by atoms with Crippen molar-refractivity contribution in [1.29, 1.82) is 0 Å². The molecule has 0 aromatic heterocycles. The molecule has 2 aromatic carbocycles. The number of hydrogen-bond acceptors (Lipinski definition) is 4. The van der Waals surface area contributed by atoms with Gasteiger partial charge in [-0.25, -0.2) is 0 Å². The molecule has 2 amide bonds. The normalized spacial score (nSPS) is 11.4. The number of ether oxygens (including phenoxy) is 2. The van der Waals surface area contributed by atoms with Gasteiger partial charge in [0.1, 0.15) is 17.5 Å². The first-order valence-electron chi connectivity index (χ1n) is 9.57. The molecular formula is C22H27ClN2O4. The number of carbonyl (C=O) groups excluding carboxylic acids is 2. The fraction of sp³-hybridized carbons (Fsp3) is 0.364. The number of nitrogens with zero attached hydrogens (tertiary/aromatic N) is 1. The Hall–Kier alpha value is -2.73. The van der Waals surface area contributed by atoms with Gasteiger partial charge in [-0.2, -0.15) is 0 Å². The predicted molar refractivity (Wildman–Crippen MR) is 113 cm³/mol. The second-order valence-electron chi connectivity index (χ2n) is 6.41. The fourth-order valence-corrected chi connectivity index (χ4v) is 3.11. The van der Waals surface area contributed by atoms with E-state index in [0.29, 0.717) is 23.7 Å². The maximum atomic E-state index is 13.0. The molecule has 0 aliphatic rings. The number of benzene rings is 2. The Balaban J connectivity index is 2.20. The van der Waals surface area contributed by atoms with Crippen molar-refractivity contribution < 1.29 is 19.1 Å². The third-order valence-corrected chi connectivity index (χ3v) is 4.75. The number of methoxy groups -OCH3 is 1. The Morgan fingerprint density at radius 1 is 1.10 bits per heavy atom. The lowest BCUT2D eigenvalue weighted by molar-refractivity contribution is -0.142. The molecule has 6 nitrogen and oxygen atoms in total. The molecule has 0 fully saturated rings. The summed E-state index contributed by atoms with van der Waals surface area (Å²) in [6.45, 7) is 4.29. The molecule has 0 aliphatic heterocycles. The lowest BCUT2D eigenvalue weighted by atomic mass is 10.1. The summed E-state index contributed by atoms with van der Waals surface area (Å²) in [6, 6.07) is 13.8. The van der Waals surface area contributed by atoms with Crippen LogP contribution < -0.4 is 14.8 Å². The van der Waals surface area contributed by atoms with Crippen molar-refractivity contribution in [2.24, 2.45) is 0 Å². The van der Waals surface area contributed by atoms with Gasteiger partial charge in [-0.1, -0.05) is 42.8 Å². The SMILES string of the molecule is CCNC(=O)[C@@H](CC)N(Cc1ccc(OC)cc1)C(=O)COc1ccccc1Cl. The molecule has 0 saturated heterocycles. The highest BCUT2D eigenvalue weighted by molar-refractivity contribution is 6.32. The average Bonchev–Trinajstić information content (AvgIpc) is 2.73. The van der Waals surface area contributed by atoms with E-state index < -0.39 is 6.04 Å². The third-order valence-electron chi connectivity index (χ3n) is 4.44. The van der Waals surface area contributed by atoms with Crippen LogP contribution in [0.3, 0.4) is 0 Å². The van der Waals surface area contributed by atoms with Crippen LogP contribution in [-0.2, 0) is 16.1 Å². The second kappa shape index (κ2) is 11.3. The van der Waals surface area contributed by atoms with Crippen LogP contribution in [0.25, 0.3) is 0 Å². The molecule has 0 heterocycles. The standard InChI is InChI=1S/C22H27ClN2O4/c1-4-19(22(27)24-5-2)25(14-16-10-12-17(28-3)13-11-16)21(26)15-29-20-9-7-6-8-18(20)23/h6-13,19H,4-5,14-15H2,1-3H3,(H,24,27)/t19-/m1/s1. The monoisotopic (exact) mass is 418 g/mol. The molecule has 0 spiro atoms. The molecule has 0 saturated carbocycles. The lowest BCUT2D eigenvalue weighted by Crippen LogP contribution is -2.50. The van der Waals surface area contributed by atoms with E-state index in [1.165, 1.54) is 0 Å². The predicted octanol–water partition coefficient (Wildman–Crippen LogP) is 3.67. The Labute approximate surface area is 176 Å². The molecule has 2 aromatic rings. The molecule has 1 atom stereocenters. The number of amides is 2. The largest absolute Gasteiger partial charge is 0.497 e. The van der Waals surface area contributed by atoms with Crippen molar-refractivity contribution in [3.8, 4) is 11.5 Å². The van der Waals surface area contributed by atoms with Crippen LogP contribution in [-0.4, -0.2) is 43.0 Å². The second-order valence-corrected chi connectivity index (χ2v) is 6.81. The van der Waals surface area contributed by atoms with E-state index >= 15 is 0 Å². The van der Waals surface area contributed by atoms with Gasteiger partial charge in [0.2, 0.25) is 5.91 Å². The van der Waals surface area contributed by atoms with Gasteiger partial charge in [0, 0.05) is 13.1 Å². The molecular weight excluding hydrogens is 392 g/mol. The minimum atomic E-state index is -0.598. The van der Waals surface area contributed by atoms with Crippen LogP contribution >= 0.6 is 11.6 Å². The number of halogens is 1. The summed E-state index contributed by atoms with van der Waals surface area (Å²) >= 11 is 6.10. The van der Waals surface area contributed by atoms with Crippen LogP contribution in [0.1, 0.15) is 25.8 Å². The van der Waals surface area contributed by atoms with Gasteiger partial charge < -0.3 is 19.7 Å². The third kappa shape index (κ3) is 6.39. The Morgan fingerprint density at radius 2 is 1.79 bits per heavy atom. The number of rotatable bonds is 10. The van der Waals surface area contributed by atoms with E-state index in [-0.39, 0.29) is 25.0 Å². The molecule has 1 N–H and O–H groups in total. The average molecular weight is 419 g/mol. The van der Waals surface area contributed by atoms with Gasteiger partial charge in [-0.05, 0) is 43.2 Å². The van der Waals surface area contributed by atoms with E-state index in [4.69, 9.17) is 21.1 Å². The summed E-state index contributed by atoms with van der Waals surface area (Å²) in [5.74, 6) is 0.677. The first-order chi connectivity index (χ1) is 14.0. The highest BCUT2D eigenvalue weighted by Gasteiger charge is 2.28. The molecule has 29 heavy (non-hydrogen) atoms. The van der Waals surface area contributed by atoms with E-state index in [0.717, 1.165) is 11.3 Å². The van der Waals surface area contributed by atoms with Gasteiger partial charge in [0.15, 0.2) is 6.61 Å². The zero-order valence-electron chi connectivity index (χ0n) is 17.0. The highest BCUT2D eigenvalue weighted by Crippen LogP contribution is 2.23. The Morgan fingerprint density at radius 3 is 2.38 bits per heavy atom. The van der Waals surface area contributed by atoms with Crippen molar-refractivity contribution in [2.45, 2.75) is 32.9 Å². The van der Waals surface area contributed by atoms with Gasteiger partial charge in [0.05, 0.1) is 12.1 Å². The zero-order valence-corrected chi connectivity index (χ0v) is 17.7. The summed E-state index contributed by atoms with van der Waals surface area (Å²) in [7, 11) is 1.60. The number of nitrogens with one attached hydrogen (secondary N) is 1. The van der Waals surface area contributed by atoms with Crippen molar-refractivity contribution in [3.63, 3.8) is 0 Å². The van der Waals surface area contributed by atoms with E-state index in [2.05, 4.69) is 5.32 Å². The summed E-state index contributed by atoms with van der Waals surface area (Å²) < 4.78 is 10.8. The number of carbonyl (C=O) groups is 2. The molecule has 0 aliphatic carbocycles. The minimum absolute atomic E-state index is 0.186. The van der Waals surface area contributed by atoms with E-state index in [9.17, 15) is 9.59 Å². The smallest absolute Gasteiger partial charge is 0.261 e. The van der Waals surface area contributed by atoms with Crippen molar-refractivity contribution in [3.05, 3.63) is 59.1 Å². The van der Waals surface area contributed by atoms with Crippen molar-refractivity contribution >= 4 is 23.4 Å². The lowest BCUT2D eigenvalue weighted by Gasteiger charge is -2.30. The van der Waals surface area contributed by atoms with E-state index in [1.807, 2.05) is 38.1 Å². The van der Waals surface area contributed by atoms with Crippen molar-refractivity contribution in [1.82, 2.24) is 10.2 Å². The van der Waals surface area contributed by atoms with Gasteiger partial charge >= 0.3 is 0 Å². The Bertz CT molecular complexity index is 811.